The van der Waals surface area contributed by atoms with Crippen molar-refractivity contribution in [3.8, 4) is 0 Å². The fourth-order valence-electron chi connectivity index (χ4n) is 2.86. The largest absolute Gasteiger partial charge is 0.337 e. The van der Waals surface area contributed by atoms with Gasteiger partial charge in [-0.2, -0.15) is 0 Å². The lowest BCUT2D eigenvalue weighted by atomic mass is 10.0. The van der Waals surface area contributed by atoms with E-state index in [0.29, 0.717) is 25.2 Å². The molecule has 21 heavy (non-hydrogen) atoms. The lowest BCUT2D eigenvalue weighted by Gasteiger charge is -2.38. The molecule has 2 N–H and O–H groups in total. The van der Waals surface area contributed by atoms with Crippen molar-refractivity contribution in [3.63, 3.8) is 0 Å². The van der Waals surface area contributed by atoms with Crippen molar-refractivity contribution in [1.29, 1.82) is 0 Å². The second-order valence-corrected chi connectivity index (χ2v) is 6.92. The molecular formula is C15H26N4OS. The highest BCUT2D eigenvalue weighted by molar-refractivity contribution is 7.09. The fraction of sp³-hybridized carbons (Fsp3) is 0.733. The smallest absolute Gasteiger partial charge is 0.315 e. The summed E-state index contributed by atoms with van der Waals surface area (Å²) < 4.78 is 0. The van der Waals surface area contributed by atoms with E-state index >= 15 is 0 Å². The van der Waals surface area contributed by atoms with E-state index in [4.69, 9.17) is 0 Å². The number of likely N-dealkylation sites (tertiary alicyclic amines) is 1. The first-order valence-electron chi connectivity index (χ1n) is 7.74. The van der Waals surface area contributed by atoms with Gasteiger partial charge in [-0.3, -0.25) is 4.90 Å². The van der Waals surface area contributed by atoms with Gasteiger partial charge in [0.15, 0.2) is 0 Å². The SMILES string of the molecule is Cc1nc(CNC(=O)NC[C@H](C)N2CCCC[C@H]2C)cs1. The molecule has 1 saturated heterocycles. The second kappa shape index (κ2) is 7.75. The summed E-state index contributed by atoms with van der Waals surface area (Å²) in [4.78, 5) is 18.6. The molecule has 0 spiro atoms. The van der Waals surface area contributed by atoms with Crippen molar-refractivity contribution in [1.82, 2.24) is 20.5 Å². The van der Waals surface area contributed by atoms with Crippen molar-refractivity contribution in [2.45, 2.75) is 58.7 Å². The zero-order valence-electron chi connectivity index (χ0n) is 13.2. The summed E-state index contributed by atoms with van der Waals surface area (Å²) in [7, 11) is 0. The van der Waals surface area contributed by atoms with Gasteiger partial charge in [-0.25, -0.2) is 9.78 Å². The Kier molecular flexibility index (Phi) is 5.99. The Labute approximate surface area is 131 Å². The maximum Gasteiger partial charge on any atom is 0.315 e. The predicted octanol–water partition coefficient (Wildman–Crippen LogP) is 2.51. The standard InChI is InChI=1S/C15H26N4OS/c1-11-6-4-5-7-19(11)12(2)8-16-15(20)17-9-14-10-21-13(3)18-14/h10-12H,4-9H2,1-3H3,(H2,16,17,20)/t11-,12+/m1/s1. The van der Waals surface area contributed by atoms with E-state index in [-0.39, 0.29) is 6.03 Å². The van der Waals surface area contributed by atoms with Crippen LogP contribution in [0.15, 0.2) is 5.38 Å². The molecule has 0 aliphatic carbocycles. The van der Waals surface area contributed by atoms with E-state index in [1.807, 2.05) is 12.3 Å². The summed E-state index contributed by atoms with van der Waals surface area (Å²) in [5, 5.41) is 8.83. The number of amides is 2. The highest BCUT2D eigenvalue weighted by atomic mass is 32.1. The van der Waals surface area contributed by atoms with Gasteiger partial charge in [0.2, 0.25) is 0 Å². The summed E-state index contributed by atoms with van der Waals surface area (Å²) in [6.07, 6.45) is 3.86. The number of carbonyl (C=O) groups excluding carboxylic acids is 1. The Morgan fingerprint density at radius 1 is 1.52 bits per heavy atom. The number of nitrogens with one attached hydrogen (secondary N) is 2. The van der Waals surface area contributed by atoms with Crippen LogP contribution in [0.25, 0.3) is 0 Å². The molecule has 2 rings (SSSR count). The Bertz CT molecular complexity index is 462. The molecule has 0 unspecified atom stereocenters. The second-order valence-electron chi connectivity index (χ2n) is 5.85. The first kappa shape index (κ1) is 16.2. The van der Waals surface area contributed by atoms with Gasteiger partial charge in [0.05, 0.1) is 17.2 Å². The van der Waals surface area contributed by atoms with Gasteiger partial charge in [-0.15, -0.1) is 11.3 Å². The third-order valence-corrected chi connectivity index (χ3v) is 4.90. The Balaban J connectivity index is 1.68. The van der Waals surface area contributed by atoms with Crippen LogP contribution in [0.1, 0.15) is 43.8 Å². The first-order chi connectivity index (χ1) is 10.1. The van der Waals surface area contributed by atoms with Gasteiger partial charge in [-0.05, 0) is 40.2 Å². The molecule has 1 aliphatic rings. The number of piperidine rings is 1. The van der Waals surface area contributed by atoms with Gasteiger partial charge >= 0.3 is 6.03 Å². The van der Waals surface area contributed by atoms with Crippen molar-refractivity contribution >= 4 is 17.4 Å². The molecule has 0 radical (unpaired) electrons. The molecule has 2 amide bonds. The monoisotopic (exact) mass is 310 g/mol. The molecule has 1 aromatic heterocycles. The van der Waals surface area contributed by atoms with Crippen molar-refractivity contribution in [3.05, 3.63) is 16.1 Å². The molecule has 5 nitrogen and oxygen atoms in total. The number of thiazole rings is 1. The summed E-state index contributed by atoms with van der Waals surface area (Å²) in [5.41, 5.74) is 0.922. The molecule has 118 valence electrons. The topological polar surface area (TPSA) is 57.3 Å². The van der Waals surface area contributed by atoms with Crippen LogP contribution in [0.3, 0.4) is 0 Å². The van der Waals surface area contributed by atoms with E-state index in [1.165, 1.54) is 19.3 Å². The summed E-state index contributed by atoms with van der Waals surface area (Å²) in [6.45, 7) is 8.75. The maximum atomic E-state index is 11.8. The van der Waals surface area contributed by atoms with Gasteiger partial charge in [0, 0.05) is 24.0 Å². The quantitative estimate of drug-likeness (QED) is 0.878. The van der Waals surface area contributed by atoms with Gasteiger partial charge in [0.25, 0.3) is 0 Å². The zero-order chi connectivity index (χ0) is 15.2. The molecule has 2 atom stereocenters. The lowest BCUT2D eigenvalue weighted by Crippen LogP contribution is -2.49. The third-order valence-electron chi connectivity index (χ3n) is 4.08. The molecule has 1 fully saturated rings. The predicted molar refractivity (Wildman–Crippen MR) is 86.6 cm³/mol. The zero-order valence-corrected chi connectivity index (χ0v) is 14.0. The van der Waals surface area contributed by atoms with Crippen LogP contribution in [-0.2, 0) is 6.54 Å². The van der Waals surface area contributed by atoms with E-state index < -0.39 is 0 Å². The van der Waals surface area contributed by atoms with E-state index in [1.54, 1.807) is 11.3 Å². The number of aromatic nitrogens is 1. The van der Waals surface area contributed by atoms with Crippen molar-refractivity contribution in [2.75, 3.05) is 13.1 Å². The normalized spacial score (nSPS) is 21.0. The maximum absolute atomic E-state index is 11.8. The fourth-order valence-corrected chi connectivity index (χ4v) is 3.47. The average Bonchev–Trinajstić information content (AvgIpc) is 2.89. The molecule has 0 aromatic carbocycles. The number of carbonyl (C=O) groups is 1. The van der Waals surface area contributed by atoms with Gasteiger partial charge in [0.1, 0.15) is 0 Å². The number of rotatable bonds is 5. The van der Waals surface area contributed by atoms with Gasteiger partial charge in [-0.1, -0.05) is 6.42 Å². The van der Waals surface area contributed by atoms with Crippen LogP contribution in [0.5, 0.6) is 0 Å². The molecule has 0 saturated carbocycles. The summed E-state index contributed by atoms with van der Waals surface area (Å²) in [6, 6.07) is 0.890. The molecule has 0 bridgehead atoms. The Hall–Kier alpha value is -1.14. The number of urea groups is 1. The molecule has 6 heteroatoms. The van der Waals surface area contributed by atoms with Crippen molar-refractivity contribution in [2.24, 2.45) is 0 Å². The number of aryl methyl sites for hydroxylation is 1. The molecule has 2 heterocycles. The van der Waals surface area contributed by atoms with E-state index in [2.05, 4.69) is 34.4 Å². The first-order valence-corrected chi connectivity index (χ1v) is 8.62. The Morgan fingerprint density at radius 3 is 3.00 bits per heavy atom. The molecular weight excluding hydrogens is 284 g/mol. The third kappa shape index (κ3) is 4.97. The number of hydrogen-bond donors (Lipinski definition) is 2. The van der Waals surface area contributed by atoms with E-state index in [9.17, 15) is 4.79 Å². The highest BCUT2D eigenvalue weighted by Crippen LogP contribution is 2.18. The lowest BCUT2D eigenvalue weighted by molar-refractivity contribution is 0.114. The van der Waals surface area contributed by atoms with Crippen LogP contribution in [0, 0.1) is 6.92 Å². The van der Waals surface area contributed by atoms with Crippen LogP contribution in [-0.4, -0.2) is 41.1 Å². The number of hydrogen-bond acceptors (Lipinski definition) is 4. The van der Waals surface area contributed by atoms with Crippen LogP contribution < -0.4 is 10.6 Å². The average molecular weight is 310 g/mol. The van der Waals surface area contributed by atoms with Crippen LogP contribution in [0.2, 0.25) is 0 Å². The number of nitrogens with zero attached hydrogens (tertiary/aromatic N) is 2. The summed E-state index contributed by atoms with van der Waals surface area (Å²) >= 11 is 1.60. The highest BCUT2D eigenvalue weighted by Gasteiger charge is 2.23. The minimum atomic E-state index is -0.114. The van der Waals surface area contributed by atoms with Crippen molar-refractivity contribution < 1.29 is 4.79 Å². The minimum Gasteiger partial charge on any atom is -0.337 e. The van der Waals surface area contributed by atoms with Crippen LogP contribution in [0.4, 0.5) is 4.79 Å². The van der Waals surface area contributed by atoms with Gasteiger partial charge < -0.3 is 10.6 Å². The Morgan fingerprint density at radius 2 is 2.33 bits per heavy atom. The minimum absolute atomic E-state index is 0.114. The molecule has 1 aliphatic heterocycles. The molecule has 1 aromatic rings. The van der Waals surface area contributed by atoms with E-state index in [0.717, 1.165) is 17.2 Å². The summed E-state index contributed by atoms with van der Waals surface area (Å²) in [5.74, 6) is 0. The van der Waals surface area contributed by atoms with Crippen LogP contribution >= 0.6 is 11.3 Å².